The van der Waals surface area contributed by atoms with Gasteiger partial charge in [0.25, 0.3) is 0 Å². The number of carbonyl (C=O) groups excluding carboxylic acids is 1. The highest BCUT2D eigenvalue weighted by Gasteiger charge is 2.24. The van der Waals surface area contributed by atoms with Crippen LogP contribution in [0.15, 0.2) is 0 Å². The summed E-state index contributed by atoms with van der Waals surface area (Å²) < 4.78 is 5.07. The summed E-state index contributed by atoms with van der Waals surface area (Å²) in [7, 11) is 0. The molecular formula is C12H22O2. The van der Waals surface area contributed by atoms with Gasteiger partial charge in [0.15, 0.2) is 0 Å². The molecule has 1 unspecified atom stereocenters. The first-order valence-electron chi connectivity index (χ1n) is 5.94. The molecule has 82 valence electrons. The highest BCUT2D eigenvalue weighted by molar-refractivity contribution is 5.72. The number of hydrogen-bond donors (Lipinski definition) is 0. The Hall–Kier alpha value is -0.530. The summed E-state index contributed by atoms with van der Waals surface area (Å²) in [5.41, 5.74) is 0. The topological polar surface area (TPSA) is 26.3 Å². The average molecular weight is 198 g/mol. The minimum atomic E-state index is 0.0156. The summed E-state index contributed by atoms with van der Waals surface area (Å²) in [6.45, 7) is 4.47. The molecule has 1 saturated carbocycles. The normalized spacial score (nSPS) is 19.6. The van der Waals surface area contributed by atoms with Crippen molar-refractivity contribution in [2.45, 2.75) is 52.4 Å². The molecule has 1 aliphatic rings. The zero-order valence-electron chi connectivity index (χ0n) is 9.42. The number of rotatable bonds is 5. The van der Waals surface area contributed by atoms with Crippen molar-refractivity contribution in [3.8, 4) is 0 Å². The molecule has 1 fully saturated rings. The Balaban J connectivity index is 2.33. The molecule has 0 heterocycles. The molecular weight excluding hydrogens is 176 g/mol. The van der Waals surface area contributed by atoms with Crippen molar-refractivity contribution >= 4 is 5.97 Å². The van der Waals surface area contributed by atoms with E-state index in [4.69, 9.17) is 4.74 Å². The standard InChI is InChI=1S/C12H22O2/c1-3-11(12(13)14-4-2)9-10-7-5-6-8-10/h10-11H,3-9H2,1-2H3. The Morgan fingerprint density at radius 3 is 2.50 bits per heavy atom. The molecule has 0 aromatic heterocycles. The third kappa shape index (κ3) is 3.32. The van der Waals surface area contributed by atoms with Crippen LogP contribution < -0.4 is 0 Å². The highest BCUT2D eigenvalue weighted by Crippen LogP contribution is 2.31. The van der Waals surface area contributed by atoms with Gasteiger partial charge in [-0.3, -0.25) is 4.79 Å². The molecule has 0 saturated heterocycles. The van der Waals surface area contributed by atoms with Crippen LogP contribution >= 0.6 is 0 Å². The van der Waals surface area contributed by atoms with Gasteiger partial charge in [0.05, 0.1) is 12.5 Å². The second kappa shape index (κ2) is 6.05. The average Bonchev–Trinajstić information content (AvgIpc) is 2.66. The first-order chi connectivity index (χ1) is 6.77. The summed E-state index contributed by atoms with van der Waals surface area (Å²) in [6.07, 6.45) is 7.31. The van der Waals surface area contributed by atoms with E-state index in [9.17, 15) is 4.79 Å². The molecule has 14 heavy (non-hydrogen) atoms. The van der Waals surface area contributed by atoms with Crippen molar-refractivity contribution in [3.63, 3.8) is 0 Å². The van der Waals surface area contributed by atoms with Crippen LogP contribution in [0, 0.1) is 11.8 Å². The highest BCUT2D eigenvalue weighted by atomic mass is 16.5. The van der Waals surface area contributed by atoms with E-state index in [0.717, 1.165) is 18.8 Å². The van der Waals surface area contributed by atoms with Crippen LogP contribution in [0.1, 0.15) is 52.4 Å². The third-order valence-electron chi connectivity index (χ3n) is 3.21. The lowest BCUT2D eigenvalue weighted by Crippen LogP contribution is -2.19. The van der Waals surface area contributed by atoms with Crippen LogP contribution in [0.5, 0.6) is 0 Å². The molecule has 2 heteroatoms. The number of esters is 1. The van der Waals surface area contributed by atoms with Gasteiger partial charge >= 0.3 is 5.97 Å². The first kappa shape index (κ1) is 11.5. The molecule has 0 bridgehead atoms. The van der Waals surface area contributed by atoms with E-state index in [-0.39, 0.29) is 11.9 Å². The number of hydrogen-bond acceptors (Lipinski definition) is 2. The van der Waals surface area contributed by atoms with Gasteiger partial charge in [-0.2, -0.15) is 0 Å². The van der Waals surface area contributed by atoms with Crippen molar-refractivity contribution in [1.29, 1.82) is 0 Å². The van der Waals surface area contributed by atoms with Gasteiger partial charge in [-0.1, -0.05) is 32.6 Å². The summed E-state index contributed by atoms with van der Waals surface area (Å²) in [4.78, 5) is 11.5. The van der Waals surface area contributed by atoms with Crippen LogP contribution in [-0.2, 0) is 9.53 Å². The number of ether oxygens (including phenoxy) is 1. The SMILES string of the molecule is CCOC(=O)C(CC)CC1CCCC1. The zero-order valence-corrected chi connectivity index (χ0v) is 9.42. The monoisotopic (exact) mass is 198 g/mol. The van der Waals surface area contributed by atoms with E-state index in [1.165, 1.54) is 25.7 Å². The molecule has 0 N–H and O–H groups in total. The maximum absolute atomic E-state index is 11.5. The second-order valence-electron chi connectivity index (χ2n) is 4.24. The summed E-state index contributed by atoms with van der Waals surface area (Å²) in [5, 5.41) is 0. The van der Waals surface area contributed by atoms with Gasteiger partial charge in [0.2, 0.25) is 0 Å². The first-order valence-corrected chi connectivity index (χ1v) is 5.94. The summed E-state index contributed by atoms with van der Waals surface area (Å²) in [6, 6.07) is 0. The molecule has 2 nitrogen and oxygen atoms in total. The van der Waals surface area contributed by atoms with Crippen LogP contribution in [-0.4, -0.2) is 12.6 Å². The second-order valence-corrected chi connectivity index (χ2v) is 4.24. The Kier molecular flexibility index (Phi) is 4.99. The van der Waals surface area contributed by atoms with Crippen molar-refractivity contribution in [2.75, 3.05) is 6.61 Å². The fourth-order valence-electron chi connectivity index (χ4n) is 2.34. The third-order valence-corrected chi connectivity index (χ3v) is 3.21. The van der Waals surface area contributed by atoms with Crippen molar-refractivity contribution in [1.82, 2.24) is 0 Å². The van der Waals surface area contributed by atoms with Crippen molar-refractivity contribution in [2.24, 2.45) is 11.8 Å². The molecule has 1 aliphatic carbocycles. The Bertz CT molecular complexity index is 171. The van der Waals surface area contributed by atoms with Crippen molar-refractivity contribution in [3.05, 3.63) is 0 Å². The molecule has 0 amide bonds. The zero-order chi connectivity index (χ0) is 10.4. The Labute approximate surface area is 87.0 Å². The molecule has 1 rings (SSSR count). The van der Waals surface area contributed by atoms with Gasteiger partial charge < -0.3 is 4.74 Å². The van der Waals surface area contributed by atoms with Crippen LogP contribution in [0.3, 0.4) is 0 Å². The smallest absolute Gasteiger partial charge is 0.308 e. The van der Waals surface area contributed by atoms with Gasteiger partial charge in [0.1, 0.15) is 0 Å². The molecule has 1 atom stereocenters. The van der Waals surface area contributed by atoms with E-state index in [0.29, 0.717) is 6.61 Å². The lowest BCUT2D eigenvalue weighted by Gasteiger charge is -2.17. The minimum absolute atomic E-state index is 0.0156. The van der Waals surface area contributed by atoms with Crippen molar-refractivity contribution < 1.29 is 9.53 Å². The van der Waals surface area contributed by atoms with Gasteiger partial charge in [0, 0.05) is 0 Å². The van der Waals surface area contributed by atoms with E-state index >= 15 is 0 Å². The molecule has 0 aromatic rings. The largest absolute Gasteiger partial charge is 0.466 e. The van der Waals surface area contributed by atoms with E-state index in [2.05, 4.69) is 6.92 Å². The lowest BCUT2D eigenvalue weighted by atomic mass is 9.91. The van der Waals surface area contributed by atoms with Crippen LogP contribution in [0.2, 0.25) is 0 Å². The van der Waals surface area contributed by atoms with Crippen LogP contribution in [0.25, 0.3) is 0 Å². The quantitative estimate of drug-likeness (QED) is 0.634. The van der Waals surface area contributed by atoms with E-state index in [1.807, 2.05) is 6.92 Å². The van der Waals surface area contributed by atoms with E-state index in [1.54, 1.807) is 0 Å². The maximum Gasteiger partial charge on any atom is 0.308 e. The predicted molar refractivity (Wildman–Crippen MR) is 57.0 cm³/mol. The molecule has 0 spiro atoms. The fraction of sp³-hybridized carbons (Fsp3) is 0.917. The van der Waals surface area contributed by atoms with Gasteiger partial charge in [-0.25, -0.2) is 0 Å². The van der Waals surface area contributed by atoms with Crippen LogP contribution in [0.4, 0.5) is 0 Å². The Morgan fingerprint density at radius 2 is 2.00 bits per heavy atom. The fourth-order valence-corrected chi connectivity index (χ4v) is 2.34. The molecule has 0 aliphatic heterocycles. The number of carbonyl (C=O) groups is 1. The van der Waals surface area contributed by atoms with Gasteiger partial charge in [-0.05, 0) is 25.7 Å². The minimum Gasteiger partial charge on any atom is -0.466 e. The van der Waals surface area contributed by atoms with E-state index < -0.39 is 0 Å². The van der Waals surface area contributed by atoms with Gasteiger partial charge in [-0.15, -0.1) is 0 Å². The predicted octanol–water partition coefficient (Wildman–Crippen LogP) is 3.16. The summed E-state index contributed by atoms with van der Waals surface area (Å²) in [5.74, 6) is 0.948. The molecule has 0 aromatic carbocycles. The summed E-state index contributed by atoms with van der Waals surface area (Å²) >= 11 is 0. The lowest BCUT2D eigenvalue weighted by molar-refractivity contribution is -0.148. The Morgan fingerprint density at radius 1 is 1.36 bits per heavy atom. The maximum atomic E-state index is 11.5. The molecule has 0 radical (unpaired) electrons.